The molecule has 13 heteroatoms. The minimum absolute atomic E-state index is 0.0885. The second-order valence-corrected chi connectivity index (χ2v) is 12.3. The SMILES string of the molecule is CN1C(=O)C(c2ccccc2)(c2cccc(-c3cn(S(=O)(=O)c4ccccc4)c4ccccc34)c2)NC1(N)OC(=O)C(F)(F)F. The molecule has 0 radical (unpaired) electrons. The van der Waals surface area contributed by atoms with Crippen molar-refractivity contribution >= 4 is 32.8 Å². The number of rotatable bonds is 6. The monoisotopic (exact) mass is 634 g/mol. The van der Waals surface area contributed by atoms with E-state index in [0.29, 0.717) is 32.5 Å². The summed E-state index contributed by atoms with van der Waals surface area (Å²) in [6.07, 6.45) is -3.89. The number of hydrogen-bond donors (Lipinski definition) is 2. The third kappa shape index (κ3) is 4.85. The summed E-state index contributed by atoms with van der Waals surface area (Å²) in [4.78, 5) is 26.7. The topological polar surface area (TPSA) is 124 Å². The number of carbonyl (C=O) groups is 2. The molecule has 0 bridgehead atoms. The van der Waals surface area contributed by atoms with E-state index in [2.05, 4.69) is 10.1 Å². The predicted molar refractivity (Wildman–Crippen MR) is 159 cm³/mol. The molecule has 1 aliphatic heterocycles. The average molecular weight is 635 g/mol. The Hall–Kier alpha value is -4.98. The molecule has 230 valence electrons. The lowest BCUT2D eigenvalue weighted by Crippen LogP contribution is -2.64. The molecule has 3 N–H and O–H groups in total. The third-order valence-corrected chi connectivity index (χ3v) is 9.45. The normalized spacial score (nSPS) is 20.5. The van der Waals surface area contributed by atoms with E-state index in [1.165, 1.54) is 22.3 Å². The van der Waals surface area contributed by atoms with Gasteiger partial charge in [-0.1, -0.05) is 84.9 Å². The van der Waals surface area contributed by atoms with Crippen molar-refractivity contribution in [2.75, 3.05) is 7.05 Å². The first-order valence-electron chi connectivity index (χ1n) is 13.5. The number of para-hydroxylation sites is 1. The Labute approximate surface area is 255 Å². The zero-order valence-electron chi connectivity index (χ0n) is 23.5. The molecule has 1 saturated heterocycles. The molecule has 45 heavy (non-hydrogen) atoms. The van der Waals surface area contributed by atoms with Crippen molar-refractivity contribution in [3.05, 3.63) is 127 Å². The van der Waals surface area contributed by atoms with Gasteiger partial charge < -0.3 is 4.74 Å². The molecular formula is C32H25F3N4O5S. The molecule has 1 fully saturated rings. The van der Waals surface area contributed by atoms with Gasteiger partial charge in [0.1, 0.15) is 0 Å². The van der Waals surface area contributed by atoms with Crippen molar-refractivity contribution < 1.29 is 35.9 Å². The second-order valence-electron chi connectivity index (χ2n) is 10.4. The molecule has 1 aromatic heterocycles. The largest absolute Gasteiger partial charge is 0.491 e. The van der Waals surface area contributed by atoms with Gasteiger partial charge >= 0.3 is 18.1 Å². The lowest BCUT2D eigenvalue weighted by atomic mass is 9.81. The quantitative estimate of drug-likeness (QED) is 0.208. The van der Waals surface area contributed by atoms with Crippen molar-refractivity contribution in [2.45, 2.75) is 22.6 Å². The highest BCUT2D eigenvalue weighted by atomic mass is 32.2. The summed E-state index contributed by atoms with van der Waals surface area (Å²) in [6, 6.07) is 29.5. The van der Waals surface area contributed by atoms with Crippen LogP contribution in [-0.2, 0) is 29.9 Å². The number of likely N-dealkylation sites (N-methyl/N-ethyl adjacent to an activating group) is 1. The van der Waals surface area contributed by atoms with Gasteiger partial charge in [0.15, 0.2) is 5.54 Å². The fourth-order valence-corrected chi connectivity index (χ4v) is 6.94. The molecule has 2 heterocycles. The van der Waals surface area contributed by atoms with E-state index in [9.17, 15) is 31.2 Å². The second kappa shape index (κ2) is 10.6. The van der Waals surface area contributed by atoms with Gasteiger partial charge in [0.05, 0.1) is 10.4 Å². The summed E-state index contributed by atoms with van der Waals surface area (Å²) in [5.74, 6) is -6.05. The van der Waals surface area contributed by atoms with Crippen molar-refractivity contribution in [1.29, 1.82) is 0 Å². The Balaban J connectivity index is 1.53. The smallest absolute Gasteiger partial charge is 0.404 e. The predicted octanol–water partition coefficient (Wildman–Crippen LogP) is 4.53. The van der Waals surface area contributed by atoms with Gasteiger partial charge in [0.2, 0.25) is 0 Å². The number of carbonyl (C=O) groups excluding carboxylic acids is 2. The van der Waals surface area contributed by atoms with Gasteiger partial charge in [-0.2, -0.15) is 13.2 Å². The van der Waals surface area contributed by atoms with E-state index in [0.717, 1.165) is 7.05 Å². The number of benzene rings is 4. The van der Waals surface area contributed by atoms with Crippen molar-refractivity contribution in [2.24, 2.45) is 5.73 Å². The number of aromatic nitrogens is 1. The first kappa shape index (κ1) is 30.1. The summed E-state index contributed by atoms with van der Waals surface area (Å²) in [7, 11) is -2.88. The molecule has 1 aliphatic rings. The highest BCUT2D eigenvalue weighted by molar-refractivity contribution is 7.90. The van der Waals surface area contributed by atoms with Gasteiger partial charge in [0, 0.05) is 24.2 Å². The molecule has 2 atom stereocenters. The maximum atomic E-state index is 14.1. The zero-order valence-corrected chi connectivity index (χ0v) is 24.3. The number of nitrogens with zero attached hydrogens (tertiary/aromatic N) is 2. The van der Waals surface area contributed by atoms with Crippen molar-refractivity contribution in [1.82, 2.24) is 14.2 Å². The number of halogens is 3. The van der Waals surface area contributed by atoms with Crippen LogP contribution in [0.2, 0.25) is 0 Å². The van der Waals surface area contributed by atoms with E-state index >= 15 is 0 Å². The molecule has 1 amide bonds. The van der Waals surface area contributed by atoms with Crippen LogP contribution in [0, 0.1) is 0 Å². The molecule has 9 nitrogen and oxygen atoms in total. The first-order valence-corrected chi connectivity index (χ1v) is 15.0. The Bertz CT molecular complexity index is 2050. The van der Waals surface area contributed by atoms with Crippen LogP contribution >= 0.6 is 0 Å². The van der Waals surface area contributed by atoms with Crippen LogP contribution in [0.3, 0.4) is 0 Å². The summed E-state index contributed by atoms with van der Waals surface area (Å²) >= 11 is 0. The number of nitrogens with one attached hydrogen (secondary N) is 1. The van der Waals surface area contributed by atoms with E-state index in [-0.39, 0.29) is 10.5 Å². The van der Waals surface area contributed by atoms with E-state index in [1.54, 1.807) is 97.1 Å². The molecule has 6 rings (SSSR count). The summed E-state index contributed by atoms with van der Waals surface area (Å²) in [5, 5.41) is 3.29. The number of nitrogens with two attached hydrogens (primary N) is 1. The van der Waals surface area contributed by atoms with Gasteiger partial charge in [-0.15, -0.1) is 0 Å². The minimum atomic E-state index is -5.37. The van der Waals surface area contributed by atoms with Crippen LogP contribution in [0.1, 0.15) is 11.1 Å². The molecule has 4 aromatic carbocycles. The van der Waals surface area contributed by atoms with Crippen LogP contribution < -0.4 is 11.1 Å². The molecule has 0 saturated carbocycles. The van der Waals surface area contributed by atoms with Crippen LogP contribution in [-0.4, -0.2) is 48.4 Å². The van der Waals surface area contributed by atoms with E-state index in [4.69, 9.17) is 5.73 Å². The highest BCUT2D eigenvalue weighted by Gasteiger charge is 2.62. The minimum Gasteiger partial charge on any atom is -0.404 e. The molecule has 2 unspecified atom stereocenters. The summed E-state index contributed by atoms with van der Waals surface area (Å²) in [6.45, 7) is 0. The van der Waals surface area contributed by atoms with Gasteiger partial charge in [-0.05, 0) is 41.0 Å². The first-order chi connectivity index (χ1) is 21.3. The lowest BCUT2D eigenvalue weighted by molar-refractivity contribution is -0.228. The Morgan fingerprint density at radius 1 is 0.867 bits per heavy atom. The highest BCUT2D eigenvalue weighted by Crippen LogP contribution is 2.42. The number of ether oxygens (including phenoxy) is 1. The van der Waals surface area contributed by atoms with Crippen molar-refractivity contribution in [3.63, 3.8) is 0 Å². The maximum Gasteiger partial charge on any atom is 0.491 e. The fraction of sp³-hybridized carbons (Fsp3) is 0.125. The van der Waals surface area contributed by atoms with E-state index in [1.807, 2.05) is 0 Å². The van der Waals surface area contributed by atoms with Crippen molar-refractivity contribution in [3.8, 4) is 11.1 Å². The Morgan fingerprint density at radius 3 is 2.13 bits per heavy atom. The van der Waals surface area contributed by atoms with Crippen LogP contribution in [0.25, 0.3) is 22.0 Å². The van der Waals surface area contributed by atoms with E-state index < -0.39 is 39.6 Å². The fourth-order valence-electron chi connectivity index (χ4n) is 5.55. The number of esters is 1. The summed E-state index contributed by atoms with van der Waals surface area (Å²) < 4.78 is 72.8. The summed E-state index contributed by atoms with van der Waals surface area (Å²) in [5.41, 5.74) is 6.23. The van der Waals surface area contributed by atoms with Crippen LogP contribution in [0.15, 0.2) is 120 Å². The third-order valence-electron chi connectivity index (χ3n) is 7.76. The number of fused-ring (bicyclic) bond motifs is 1. The van der Waals surface area contributed by atoms with Crippen LogP contribution in [0.5, 0.6) is 0 Å². The maximum absolute atomic E-state index is 14.1. The standard InChI is InChI=1S/C32H25F3N4O5S/c1-38-28(40)30(22-12-4-2-5-13-22,37-32(38,36)44-29(41)31(33,34)35)23-14-10-11-21(19-23)26-20-39(27-18-9-8-17-25(26)27)45(42,43)24-15-6-3-7-16-24/h2-20,37H,36H2,1H3. The van der Waals surface area contributed by atoms with Gasteiger partial charge in [-0.25, -0.2) is 22.5 Å². The van der Waals surface area contributed by atoms with Crippen LogP contribution in [0.4, 0.5) is 13.2 Å². The molecule has 0 aliphatic carbocycles. The lowest BCUT2D eigenvalue weighted by Gasteiger charge is -2.32. The number of hydrogen-bond acceptors (Lipinski definition) is 7. The average Bonchev–Trinajstić information content (AvgIpc) is 3.52. The Morgan fingerprint density at radius 2 is 1.47 bits per heavy atom. The number of amides is 1. The van der Waals surface area contributed by atoms with Gasteiger partial charge in [0.25, 0.3) is 15.9 Å². The molecular weight excluding hydrogens is 609 g/mol. The molecule has 5 aromatic rings. The van der Waals surface area contributed by atoms with Gasteiger partial charge in [-0.3, -0.25) is 15.4 Å². The zero-order chi connectivity index (χ0) is 32.2. The Kier molecular flexibility index (Phi) is 7.07. The number of alkyl halides is 3. The molecule has 0 spiro atoms.